The molecule has 21 heavy (non-hydrogen) atoms. The van der Waals surface area contributed by atoms with Gasteiger partial charge in [-0.25, -0.2) is 8.78 Å². The van der Waals surface area contributed by atoms with Crippen LogP contribution >= 0.6 is 12.2 Å². The fraction of sp³-hybridized carbons (Fsp3) is 0.357. The molecule has 0 fully saturated rings. The van der Waals surface area contributed by atoms with E-state index in [2.05, 4.69) is 10.7 Å². The second-order valence-electron chi connectivity index (χ2n) is 5.10. The van der Waals surface area contributed by atoms with Gasteiger partial charge in [0, 0.05) is 36.4 Å². The number of rotatable bonds is 3. The van der Waals surface area contributed by atoms with Crippen LogP contribution in [0.2, 0.25) is 0 Å². The van der Waals surface area contributed by atoms with Crippen molar-refractivity contribution in [2.75, 3.05) is 13.2 Å². The molecule has 0 spiro atoms. The molecule has 3 rings (SSSR count). The Hall–Kier alpha value is -1.73. The first-order valence-corrected chi connectivity index (χ1v) is 7.19. The predicted octanol–water partition coefficient (Wildman–Crippen LogP) is 1.78. The van der Waals surface area contributed by atoms with Crippen LogP contribution in [0.3, 0.4) is 0 Å². The first-order valence-electron chi connectivity index (χ1n) is 6.79. The molecule has 1 aromatic heterocycles. The normalized spacial score (nSPS) is 17.4. The average molecular weight is 312 g/mol. The van der Waals surface area contributed by atoms with Crippen molar-refractivity contribution in [2.24, 2.45) is 0 Å². The second-order valence-corrected chi connectivity index (χ2v) is 5.49. The zero-order chi connectivity index (χ0) is 15.0. The molecule has 1 aliphatic rings. The van der Waals surface area contributed by atoms with Gasteiger partial charge in [-0.1, -0.05) is 0 Å². The fourth-order valence-corrected chi connectivity index (χ4v) is 3.10. The third-order valence-electron chi connectivity index (χ3n) is 3.65. The first-order chi connectivity index (χ1) is 10.1. The Labute approximate surface area is 125 Å². The van der Waals surface area contributed by atoms with E-state index >= 15 is 0 Å². The zero-order valence-electron chi connectivity index (χ0n) is 11.4. The van der Waals surface area contributed by atoms with Crippen molar-refractivity contribution in [2.45, 2.75) is 18.9 Å². The van der Waals surface area contributed by atoms with Crippen LogP contribution in [0.4, 0.5) is 8.78 Å². The minimum Gasteiger partial charge on any atom is -0.488 e. The van der Waals surface area contributed by atoms with Crippen LogP contribution in [0.5, 0.6) is 5.75 Å². The lowest BCUT2D eigenvalue weighted by Gasteiger charge is -2.27. The minimum absolute atomic E-state index is 0.0704. The van der Waals surface area contributed by atoms with Gasteiger partial charge in [0.05, 0.1) is 12.6 Å². The Morgan fingerprint density at radius 2 is 2.24 bits per heavy atom. The summed E-state index contributed by atoms with van der Waals surface area (Å²) < 4.78 is 35.1. The quantitative estimate of drug-likeness (QED) is 0.849. The smallest absolute Gasteiger partial charge is 0.177 e. The lowest BCUT2D eigenvalue weighted by Crippen LogP contribution is -2.51. The third-order valence-corrected chi connectivity index (χ3v) is 3.96. The molecular formula is C14H16F2N3OS+. The summed E-state index contributed by atoms with van der Waals surface area (Å²) in [6, 6.07) is 2.09. The molecule has 2 aromatic rings. The van der Waals surface area contributed by atoms with Gasteiger partial charge in [-0.05, 0) is 18.3 Å². The number of hydrogen-bond acceptors (Lipinski definition) is 2. The van der Waals surface area contributed by atoms with E-state index < -0.39 is 11.6 Å². The number of quaternary nitrogens is 1. The van der Waals surface area contributed by atoms with Crippen LogP contribution in [0, 0.1) is 16.4 Å². The summed E-state index contributed by atoms with van der Waals surface area (Å²) in [7, 11) is 0. The summed E-state index contributed by atoms with van der Waals surface area (Å²) in [5.41, 5.74) is 5.41. The average Bonchev–Trinajstić information content (AvgIpc) is 2.79. The number of benzene rings is 1. The Balaban J connectivity index is 1.97. The van der Waals surface area contributed by atoms with Crippen LogP contribution in [0.1, 0.15) is 17.3 Å². The van der Waals surface area contributed by atoms with E-state index in [1.165, 1.54) is 6.07 Å². The van der Waals surface area contributed by atoms with Crippen LogP contribution in [0.15, 0.2) is 18.3 Å². The Morgan fingerprint density at radius 1 is 1.43 bits per heavy atom. The van der Waals surface area contributed by atoms with Gasteiger partial charge >= 0.3 is 0 Å². The molecule has 4 N–H and O–H groups in total. The lowest BCUT2D eigenvalue weighted by atomic mass is 10.0. The van der Waals surface area contributed by atoms with Crippen molar-refractivity contribution in [3.63, 3.8) is 0 Å². The Morgan fingerprint density at radius 3 is 3.00 bits per heavy atom. The molecule has 4 nitrogen and oxygen atoms in total. The monoisotopic (exact) mass is 312 g/mol. The molecular weight excluding hydrogens is 296 g/mol. The van der Waals surface area contributed by atoms with E-state index in [-0.39, 0.29) is 11.8 Å². The molecule has 1 aliphatic heterocycles. The van der Waals surface area contributed by atoms with Gasteiger partial charge in [-0.2, -0.15) is 0 Å². The molecule has 0 bridgehead atoms. The number of nitrogens with one attached hydrogen (secondary N) is 1. The second kappa shape index (κ2) is 5.57. The van der Waals surface area contributed by atoms with Crippen molar-refractivity contribution in [3.8, 4) is 5.75 Å². The topological polar surface area (TPSA) is 57.6 Å². The molecule has 0 saturated carbocycles. The maximum absolute atomic E-state index is 13.7. The summed E-state index contributed by atoms with van der Waals surface area (Å²) in [5.74, 6) is -1.10. The van der Waals surface area contributed by atoms with E-state index in [1.807, 2.05) is 10.8 Å². The highest BCUT2D eigenvalue weighted by atomic mass is 32.1. The van der Waals surface area contributed by atoms with Gasteiger partial charge in [0.2, 0.25) is 0 Å². The molecule has 0 aliphatic carbocycles. The molecule has 0 saturated heterocycles. The summed E-state index contributed by atoms with van der Waals surface area (Å²) in [6.45, 7) is 1.06. The number of ether oxygens (including phenoxy) is 1. The Kier molecular flexibility index (Phi) is 3.77. The zero-order valence-corrected chi connectivity index (χ0v) is 12.2. The van der Waals surface area contributed by atoms with E-state index in [4.69, 9.17) is 17.0 Å². The standard InChI is InChI=1S/C14H15F2N3OS/c15-9-3-8-4-11(7-20-13(8)12(16)5-9)19-10(1-2-17)6-18-14(19)21/h3,5-6,11H,1-2,4,7,17H2,(H,18,21)/p+1. The number of fused-ring (bicyclic) bond motifs is 1. The summed E-state index contributed by atoms with van der Waals surface area (Å²) in [6.07, 6.45) is 3.13. The van der Waals surface area contributed by atoms with E-state index in [0.717, 1.165) is 24.7 Å². The Bertz CT molecular complexity index is 725. The SMILES string of the molecule is [NH3+]CCc1c[nH]c(=S)n1C1COc2c(F)cc(F)cc2C1. The van der Waals surface area contributed by atoms with Crippen molar-refractivity contribution in [3.05, 3.63) is 46.0 Å². The molecule has 0 amide bonds. The van der Waals surface area contributed by atoms with Crippen LogP contribution in [-0.4, -0.2) is 22.7 Å². The molecule has 0 radical (unpaired) electrons. The van der Waals surface area contributed by atoms with Gasteiger partial charge in [-0.3, -0.25) is 0 Å². The number of halogens is 2. The maximum atomic E-state index is 13.7. The lowest BCUT2D eigenvalue weighted by molar-refractivity contribution is -0.366. The van der Waals surface area contributed by atoms with E-state index in [9.17, 15) is 8.78 Å². The predicted molar refractivity (Wildman–Crippen MR) is 75.7 cm³/mol. The molecule has 7 heteroatoms. The molecule has 1 atom stereocenters. The highest BCUT2D eigenvalue weighted by Gasteiger charge is 2.26. The van der Waals surface area contributed by atoms with Crippen molar-refractivity contribution in [1.82, 2.24) is 9.55 Å². The largest absolute Gasteiger partial charge is 0.488 e. The van der Waals surface area contributed by atoms with Gasteiger partial charge in [0.1, 0.15) is 12.4 Å². The highest BCUT2D eigenvalue weighted by Crippen LogP contribution is 2.33. The number of nitrogens with zero attached hydrogens (tertiary/aromatic N) is 1. The third kappa shape index (κ3) is 2.58. The van der Waals surface area contributed by atoms with Crippen LogP contribution in [0.25, 0.3) is 0 Å². The maximum Gasteiger partial charge on any atom is 0.177 e. The highest BCUT2D eigenvalue weighted by molar-refractivity contribution is 7.71. The molecule has 2 heterocycles. The summed E-state index contributed by atoms with van der Waals surface area (Å²) in [4.78, 5) is 3.01. The van der Waals surface area contributed by atoms with E-state index in [1.54, 1.807) is 0 Å². The minimum atomic E-state index is -0.654. The van der Waals surface area contributed by atoms with Gasteiger partial charge < -0.3 is 20.0 Å². The van der Waals surface area contributed by atoms with Crippen molar-refractivity contribution >= 4 is 12.2 Å². The van der Waals surface area contributed by atoms with Crippen LogP contribution in [-0.2, 0) is 12.8 Å². The molecule has 1 unspecified atom stereocenters. The van der Waals surface area contributed by atoms with Crippen molar-refractivity contribution in [1.29, 1.82) is 0 Å². The summed E-state index contributed by atoms with van der Waals surface area (Å²) in [5, 5.41) is 0. The van der Waals surface area contributed by atoms with Gasteiger partial charge in [0.25, 0.3) is 0 Å². The number of hydrogen-bond donors (Lipinski definition) is 2. The summed E-state index contributed by atoms with van der Waals surface area (Å²) >= 11 is 5.30. The van der Waals surface area contributed by atoms with Gasteiger partial charge in [0.15, 0.2) is 16.3 Å². The molecule has 112 valence electrons. The number of imidazole rings is 1. The van der Waals surface area contributed by atoms with Crippen molar-refractivity contribution < 1.29 is 19.3 Å². The molecule has 1 aromatic carbocycles. The van der Waals surface area contributed by atoms with Crippen LogP contribution < -0.4 is 10.5 Å². The fourth-order valence-electron chi connectivity index (χ4n) is 2.77. The number of H-pyrrole nitrogens is 1. The first kappa shape index (κ1) is 14.2. The van der Waals surface area contributed by atoms with Gasteiger partial charge in [-0.15, -0.1) is 0 Å². The number of aromatic amines is 1. The number of aromatic nitrogens is 2. The van der Waals surface area contributed by atoms with E-state index in [0.29, 0.717) is 23.4 Å².